The molecule has 12 heavy (non-hydrogen) atoms. The minimum Gasteiger partial charge on any atom is -0.251 e. The summed E-state index contributed by atoms with van der Waals surface area (Å²) in [5, 5.41) is 0. The first-order chi connectivity index (χ1) is 5.70. The molecular weight excluding hydrogens is 151 g/mol. The summed E-state index contributed by atoms with van der Waals surface area (Å²) in [4.78, 5) is 0. The SMILES string of the molecule is CC1CCC(C)C1.CCCCF. The Morgan fingerprint density at radius 1 is 1.17 bits per heavy atom. The van der Waals surface area contributed by atoms with Crippen LogP contribution in [0.3, 0.4) is 0 Å². The van der Waals surface area contributed by atoms with E-state index in [1.54, 1.807) is 0 Å². The number of hydrogen-bond acceptors (Lipinski definition) is 0. The number of rotatable bonds is 2. The van der Waals surface area contributed by atoms with Gasteiger partial charge in [0.2, 0.25) is 0 Å². The molecule has 0 N–H and O–H groups in total. The molecule has 1 rings (SSSR count). The normalized spacial score (nSPS) is 28.0. The zero-order valence-electron chi connectivity index (χ0n) is 8.78. The number of halogens is 1. The predicted octanol–water partition coefficient (Wildman–Crippen LogP) is 4.20. The Balaban J connectivity index is 0.000000217. The number of unbranched alkanes of at least 4 members (excludes halogenated alkanes) is 1. The Morgan fingerprint density at radius 2 is 1.67 bits per heavy atom. The lowest BCUT2D eigenvalue weighted by molar-refractivity contribution is 0.469. The summed E-state index contributed by atoms with van der Waals surface area (Å²) in [5.74, 6) is 2.05. The van der Waals surface area contributed by atoms with Crippen LogP contribution in [0.4, 0.5) is 4.39 Å². The lowest BCUT2D eigenvalue weighted by Gasteiger charge is -1.96. The van der Waals surface area contributed by atoms with E-state index in [0.29, 0.717) is 0 Å². The van der Waals surface area contributed by atoms with Crippen molar-refractivity contribution >= 4 is 0 Å². The Hall–Kier alpha value is -0.0700. The van der Waals surface area contributed by atoms with Crippen molar-refractivity contribution in [2.24, 2.45) is 11.8 Å². The summed E-state index contributed by atoms with van der Waals surface area (Å²) >= 11 is 0. The first kappa shape index (κ1) is 11.9. The van der Waals surface area contributed by atoms with Gasteiger partial charge in [0.05, 0.1) is 6.67 Å². The van der Waals surface area contributed by atoms with Crippen molar-refractivity contribution in [3.63, 3.8) is 0 Å². The fourth-order valence-electron chi connectivity index (χ4n) is 1.63. The van der Waals surface area contributed by atoms with Gasteiger partial charge in [-0.15, -0.1) is 0 Å². The van der Waals surface area contributed by atoms with Gasteiger partial charge >= 0.3 is 0 Å². The molecule has 0 aliphatic heterocycles. The van der Waals surface area contributed by atoms with Crippen LogP contribution in [0.2, 0.25) is 0 Å². The fraction of sp³-hybridized carbons (Fsp3) is 1.00. The van der Waals surface area contributed by atoms with E-state index in [-0.39, 0.29) is 6.67 Å². The zero-order chi connectivity index (χ0) is 9.40. The topological polar surface area (TPSA) is 0 Å². The second-order valence-corrected chi connectivity index (χ2v) is 4.07. The lowest BCUT2D eigenvalue weighted by Crippen LogP contribution is -1.84. The third kappa shape index (κ3) is 6.63. The summed E-state index contributed by atoms with van der Waals surface area (Å²) < 4.78 is 11.0. The third-order valence-electron chi connectivity index (χ3n) is 2.44. The van der Waals surface area contributed by atoms with Crippen LogP contribution in [0.25, 0.3) is 0 Å². The molecule has 0 aromatic heterocycles. The Kier molecular flexibility index (Phi) is 7.53. The van der Waals surface area contributed by atoms with Gasteiger partial charge in [-0.25, -0.2) is 0 Å². The number of hydrogen-bond donors (Lipinski definition) is 0. The van der Waals surface area contributed by atoms with Gasteiger partial charge in [0, 0.05) is 0 Å². The van der Waals surface area contributed by atoms with E-state index in [2.05, 4.69) is 13.8 Å². The van der Waals surface area contributed by atoms with Crippen molar-refractivity contribution in [3.8, 4) is 0 Å². The van der Waals surface area contributed by atoms with Crippen LogP contribution < -0.4 is 0 Å². The fourth-order valence-corrected chi connectivity index (χ4v) is 1.63. The van der Waals surface area contributed by atoms with Crippen molar-refractivity contribution in [3.05, 3.63) is 0 Å². The van der Waals surface area contributed by atoms with Gasteiger partial charge < -0.3 is 0 Å². The molecule has 0 nitrogen and oxygen atoms in total. The molecule has 0 heterocycles. The van der Waals surface area contributed by atoms with Gasteiger partial charge in [-0.3, -0.25) is 4.39 Å². The van der Waals surface area contributed by atoms with Crippen molar-refractivity contribution in [2.45, 2.75) is 52.9 Å². The third-order valence-corrected chi connectivity index (χ3v) is 2.44. The molecule has 2 atom stereocenters. The summed E-state index contributed by atoms with van der Waals surface area (Å²) in [6.45, 7) is 6.52. The highest BCUT2D eigenvalue weighted by atomic mass is 19.1. The number of alkyl halides is 1. The highest BCUT2D eigenvalue weighted by Crippen LogP contribution is 2.29. The largest absolute Gasteiger partial charge is 0.251 e. The van der Waals surface area contributed by atoms with Gasteiger partial charge in [-0.1, -0.05) is 40.0 Å². The minimum absolute atomic E-state index is 0.156. The van der Waals surface area contributed by atoms with Gasteiger partial charge in [-0.05, 0) is 24.7 Å². The Labute approximate surface area is 76.6 Å². The van der Waals surface area contributed by atoms with E-state index >= 15 is 0 Å². The maximum absolute atomic E-state index is 11.0. The Bertz CT molecular complexity index is 81.0. The summed E-state index contributed by atoms with van der Waals surface area (Å²) in [6.07, 6.45) is 6.11. The van der Waals surface area contributed by atoms with E-state index in [9.17, 15) is 4.39 Å². The van der Waals surface area contributed by atoms with Crippen molar-refractivity contribution < 1.29 is 4.39 Å². The van der Waals surface area contributed by atoms with E-state index in [0.717, 1.165) is 24.7 Å². The molecule has 1 aliphatic carbocycles. The van der Waals surface area contributed by atoms with Crippen LogP contribution in [-0.4, -0.2) is 6.67 Å². The van der Waals surface area contributed by atoms with Crippen LogP contribution in [0, 0.1) is 11.8 Å². The lowest BCUT2D eigenvalue weighted by atomic mass is 10.1. The first-order valence-corrected chi connectivity index (χ1v) is 5.26. The molecule has 0 radical (unpaired) electrons. The molecule has 0 aromatic carbocycles. The van der Waals surface area contributed by atoms with E-state index in [4.69, 9.17) is 0 Å². The molecule has 1 saturated carbocycles. The highest BCUT2D eigenvalue weighted by molar-refractivity contribution is 4.68. The smallest absolute Gasteiger partial charge is 0.0894 e. The van der Waals surface area contributed by atoms with Crippen molar-refractivity contribution in [1.82, 2.24) is 0 Å². The minimum atomic E-state index is -0.156. The quantitative estimate of drug-likeness (QED) is 0.588. The zero-order valence-corrected chi connectivity index (χ0v) is 8.78. The second-order valence-electron chi connectivity index (χ2n) is 4.07. The molecule has 0 aromatic rings. The first-order valence-electron chi connectivity index (χ1n) is 5.26. The standard InChI is InChI=1S/C7H14.C4H9F/c1-6-3-4-7(2)5-6;1-2-3-4-5/h6-7H,3-5H2,1-2H3;2-4H2,1H3. The molecule has 2 unspecified atom stereocenters. The highest BCUT2D eigenvalue weighted by Gasteiger charge is 2.15. The maximum Gasteiger partial charge on any atom is 0.0894 e. The van der Waals surface area contributed by atoms with E-state index in [1.165, 1.54) is 19.3 Å². The second kappa shape index (κ2) is 7.57. The van der Waals surface area contributed by atoms with E-state index < -0.39 is 0 Å². The molecule has 1 fully saturated rings. The summed E-state index contributed by atoms with van der Waals surface area (Å²) in [6, 6.07) is 0. The predicted molar refractivity (Wildman–Crippen MR) is 53.1 cm³/mol. The molecule has 1 heteroatoms. The van der Waals surface area contributed by atoms with Crippen LogP contribution in [0.5, 0.6) is 0 Å². The molecule has 0 amide bonds. The Morgan fingerprint density at radius 3 is 1.75 bits per heavy atom. The van der Waals surface area contributed by atoms with Crippen LogP contribution in [-0.2, 0) is 0 Å². The molecular formula is C11H23F. The van der Waals surface area contributed by atoms with Crippen LogP contribution >= 0.6 is 0 Å². The molecule has 1 aliphatic rings. The van der Waals surface area contributed by atoms with E-state index in [1.807, 2.05) is 6.92 Å². The molecule has 0 bridgehead atoms. The van der Waals surface area contributed by atoms with Crippen LogP contribution in [0.15, 0.2) is 0 Å². The maximum atomic E-state index is 11.0. The van der Waals surface area contributed by atoms with Crippen molar-refractivity contribution in [2.75, 3.05) is 6.67 Å². The van der Waals surface area contributed by atoms with Gasteiger partial charge in [0.15, 0.2) is 0 Å². The average Bonchev–Trinajstić information content (AvgIpc) is 2.38. The van der Waals surface area contributed by atoms with Gasteiger partial charge in [-0.2, -0.15) is 0 Å². The molecule has 74 valence electrons. The molecule has 0 saturated heterocycles. The molecule has 0 spiro atoms. The monoisotopic (exact) mass is 174 g/mol. The van der Waals surface area contributed by atoms with Gasteiger partial charge in [0.25, 0.3) is 0 Å². The average molecular weight is 174 g/mol. The van der Waals surface area contributed by atoms with Crippen LogP contribution in [0.1, 0.15) is 52.9 Å². The van der Waals surface area contributed by atoms with Gasteiger partial charge in [0.1, 0.15) is 0 Å². The summed E-state index contributed by atoms with van der Waals surface area (Å²) in [7, 11) is 0. The van der Waals surface area contributed by atoms with Crippen molar-refractivity contribution in [1.29, 1.82) is 0 Å². The summed E-state index contributed by atoms with van der Waals surface area (Å²) in [5.41, 5.74) is 0.